The molecule has 0 saturated carbocycles. The van der Waals surface area contributed by atoms with E-state index >= 15 is 0 Å². The van der Waals surface area contributed by atoms with Gasteiger partial charge in [0, 0.05) is 26.2 Å². The van der Waals surface area contributed by atoms with Gasteiger partial charge in [-0.2, -0.15) is 4.98 Å². The third-order valence-electron chi connectivity index (χ3n) is 4.08. The van der Waals surface area contributed by atoms with E-state index in [0.29, 0.717) is 31.9 Å². The Morgan fingerprint density at radius 1 is 0.783 bits per heavy atom. The van der Waals surface area contributed by atoms with Gasteiger partial charge in [-0.05, 0) is 0 Å². The van der Waals surface area contributed by atoms with Gasteiger partial charge in [0.15, 0.2) is 11.6 Å². The molecular formula is C14H19N7O2. The van der Waals surface area contributed by atoms with E-state index in [9.17, 15) is 0 Å². The number of nitrogen functional groups attached to an aromatic ring is 1. The normalized spacial score (nSPS) is 19.3. The van der Waals surface area contributed by atoms with E-state index in [1.54, 1.807) is 6.33 Å². The Morgan fingerprint density at radius 3 is 2.04 bits per heavy atom. The molecule has 0 aliphatic carbocycles. The lowest BCUT2D eigenvalue weighted by Gasteiger charge is -2.30. The summed E-state index contributed by atoms with van der Waals surface area (Å²) in [6.45, 7) is 5.81. The molecule has 9 nitrogen and oxygen atoms in total. The number of morpholine rings is 2. The molecule has 9 heteroatoms. The number of aromatic nitrogens is 4. The Hall–Kier alpha value is -2.26. The lowest BCUT2D eigenvalue weighted by atomic mass is 10.3. The Labute approximate surface area is 133 Å². The van der Waals surface area contributed by atoms with Crippen molar-refractivity contribution in [1.82, 2.24) is 19.9 Å². The summed E-state index contributed by atoms with van der Waals surface area (Å²) in [4.78, 5) is 22.0. The van der Waals surface area contributed by atoms with Gasteiger partial charge in [-0.1, -0.05) is 0 Å². The van der Waals surface area contributed by atoms with Crippen molar-refractivity contribution in [3.05, 3.63) is 6.33 Å². The molecule has 0 amide bonds. The summed E-state index contributed by atoms with van der Waals surface area (Å²) in [5.74, 6) is 1.79. The molecule has 0 aromatic carbocycles. The molecular weight excluding hydrogens is 298 g/mol. The maximum atomic E-state index is 5.95. The van der Waals surface area contributed by atoms with Crippen LogP contribution in [0.15, 0.2) is 6.33 Å². The standard InChI is InChI=1S/C14H19N7O2/c15-14-18-11-10(13(19-14)21-3-7-23-8-4-21)16-9-17-12(11)20-1-5-22-6-2-20/h9H,1-8H2,(H2,15,18,19). The van der Waals surface area contributed by atoms with Crippen LogP contribution in [0.4, 0.5) is 17.6 Å². The van der Waals surface area contributed by atoms with Crippen molar-refractivity contribution >= 4 is 28.6 Å². The fourth-order valence-corrected chi connectivity index (χ4v) is 2.94. The van der Waals surface area contributed by atoms with Crippen molar-refractivity contribution in [1.29, 1.82) is 0 Å². The monoisotopic (exact) mass is 317 g/mol. The van der Waals surface area contributed by atoms with Gasteiger partial charge >= 0.3 is 0 Å². The van der Waals surface area contributed by atoms with E-state index in [1.807, 2.05) is 0 Å². The average molecular weight is 317 g/mol. The van der Waals surface area contributed by atoms with Crippen LogP contribution in [0.2, 0.25) is 0 Å². The highest BCUT2D eigenvalue weighted by Crippen LogP contribution is 2.29. The van der Waals surface area contributed by atoms with E-state index in [-0.39, 0.29) is 5.95 Å². The van der Waals surface area contributed by atoms with Crippen LogP contribution in [0.5, 0.6) is 0 Å². The Balaban J connectivity index is 1.81. The van der Waals surface area contributed by atoms with Gasteiger partial charge < -0.3 is 25.0 Å². The number of nitrogens with zero attached hydrogens (tertiary/aromatic N) is 6. The number of ether oxygens (including phenoxy) is 2. The molecule has 2 aliphatic rings. The van der Waals surface area contributed by atoms with Crippen LogP contribution in [0.1, 0.15) is 0 Å². The first-order chi connectivity index (χ1) is 11.3. The van der Waals surface area contributed by atoms with Crippen molar-refractivity contribution < 1.29 is 9.47 Å². The summed E-state index contributed by atoms with van der Waals surface area (Å²) in [6.07, 6.45) is 1.57. The molecule has 0 bridgehead atoms. The van der Waals surface area contributed by atoms with Crippen LogP contribution in [-0.4, -0.2) is 72.5 Å². The van der Waals surface area contributed by atoms with Crippen molar-refractivity contribution in [2.24, 2.45) is 0 Å². The average Bonchev–Trinajstić information content (AvgIpc) is 2.62. The van der Waals surface area contributed by atoms with Gasteiger partial charge in [0.25, 0.3) is 0 Å². The predicted octanol–water partition coefficient (Wildman–Crippen LogP) is -0.325. The maximum absolute atomic E-state index is 5.95. The number of anilines is 3. The van der Waals surface area contributed by atoms with E-state index in [0.717, 1.165) is 43.3 Å². The second-order valence-electron chi connectivity index (χ2n) is 5.50. The molecule has 23 heavy (non-hydrogen) atoms. The molecule has 2 saturated heterocycles. The van der Waals surface area contributed by atoms with Gasteiger partial charge in [0.05, 0.1) is 26.4 Å². The van der Waals surface area contributed by atoms with Crippen LogP contribution in [0.3, 0.4) is 0 Å². The van der Waals surface area contributed by atoms with Gasteiger partial charge in [-0.15, -0.1) is 0 Å². The minimum Gasteiger partial charge on any atom is -0.378 e. The molecule has 0 unspecified atom stereocenters. The van der Waals surface area contributed by atoms with E-state index < -0.39 is 0 Å². The van der Waals surface area contributed by atoms with Crippen LogP contribution in [0, 0.1) is 0 Å². The first-order valence-electron chi connectivity index (χ1n) is 7.76. The van der Waals surface area contributed by atoms with Crippen molar-refractivity contribution in [2.75, 3.05) is 68.1 Å². The highest BCUT2D eigenvalue weighted by molar-refractivity contribution is 5.93. The summed E-state index contributed by atoms with van der Waals surface area (Å²) in [7, 11) is 0. The predicted molar refractivity (Wildman–Crippen MR) is 85.6 cm³/mol. The molecule has 2 N–H and O–H groups in total. The fourth-order valence-electron chi connectivity index (χ4n) is 2.94. The lowest BCUT2D eigenvalue weighted by Crippen LogP contribution is -2.38. The summed E-state index contributed by atoms with van der Waals surface area (Å²) >= 11 is 0. The highest BCUT2D eigenvalue weighted by atomic mass is 16.5. The van der Waals surface area contributed by atoms with Crippen LogP contribution in [-0.2, 0) is 9.47 Å². The van der Waals surface area contributed by atoms with Gasteiger partial charge in [0.1, 0.15) is 17.4 Å². The van der Waals surface area contributed by atoms with Gasteiger partial charge in [0.2, 0.25) is 5.95 Å². The molecule has 0 spiro atoms. The van der Waals surface area contributed by atoms with Crippen LogP contribution in [0.25, 0.3) is 11.0 Å². The van der Waals surface area contributed by atoms with Crippen molar-refractivity contribution in [3.8, 4) is 0 Å². The first kappa shape index (κ1) is 14.3. The maximum Gasteiger partial charge on any atom is 0.222 e. The third kappa shape index (κ3) is 2.73. The number of hydrogen-bond acceptors (Lipinski definition) is 9. The molecule has 2 aliphatic heterocycles. The second-order valence-corrected chi connectivity index (χ2v) is 5.50. The topological polar surface area (TPSA) is 103 Å². The zero-order valence-electron chi connectivity index (χ0n) is 12.8. The number of rotatable bonds is 2. The SMILES string of the molecule is Nc1nc(N2CCOCC2)c2ncnc(N3CCOCC3)c2n1. The molecule has 2 fully saturated rings. The lowest BCUT2D eigenvalue weighted by molar-refractivity contribution is 0.122. The zero-order valence-corrected chi connectivity index (χ0v) is 12.8. The largest absolute Gasteiger partial charge is 0.378 e. The van der Waals surface area contributed by atoms with E-state index in [1.165, 1.54) is 0 Å². The number of hydrogen-bond donors (Lipinski definition) is 1. The molecule has 4 heterocycles. The van der Waals surface area contributed by atoms with E-state index in [2.05, 4.69) is 29.7 Å². The molecule has 4 rings (SSSR count). The summed E-state index contributed by atoms with van der Waals surface area (Å²) < 4.78 is 10.8. The Morgan fingerprint density at radius 2 is 1.39 bits per heavy atom. The van der Waals surface area contributed by atoms with Gasteiger partial charge in [-0.3, -0.25) is 0 Å². The first-order valence-corrected chi connectivity index (χ1v) is 7.76. The minimum absolute atomic E-state index is 0.239. The molecule has 0 atom stereocenters. The Kier molecular flexibility index (Phi) is 3.80. The smallest absolute Gasteiger partial charge is 0.222 e. The second kappa shape index (κ2) is 6.09. The molecule has 2 aromatic heterocycles. The molecule has 0 radical (unpaired) electrons. The number of nitrogens with two attached hydrogens (primary N) is 1. The Bertz CT molecular complexity index is 699. The van der Waals surface area contributed by atoms with Gasteiger partial charge in [-0.25, -0.2) is 15.0 Å². The minimum atomic E-state index is 0.239. The quantitative estimate of drug-likeness (QED) is 0.797. The summed E-state index contributed by atoms with van der Waals surface area (Å²) in [5.41, 5.74) is 7.38. The highest BCUT2D eigenvalue weighted by Gasteiger charge is 2.22. The van der Waals surface area contributed by atoms with Crippen LogP contribution >= 0.6 is 0 Å². The number of fused-ring (bicyclic) bond motifs is 1. The van der Waals surface area contributed by atoms with Crippen molar-refractivity contribution in [2.45, 2.75) is 0 Å². The summed E-state index contributed by atoms with van der Waals surface area (Å²) in [5, 5.41) is 0. The molecule has 122 valence electrons. The van der Waals surface area contributed by atoms with E-state index in [4.69, 9.17) is 15.2 Å². The summed E-state index contributed by atoms with van der Waals surface area (Å²) in [6, 6.07) is 0. The third-order valence-corrected chi connectivity index (χ3v) is 4.08. The fraction of sp³-hybridized carbons (Fsp3) is 0.571. The zero-order chi connectivity index (χ0) is 15.6. The van der Waals surface area contributed by atoms with Crippen LogP contribution < -0.4 is 15.5 Å². The van der Waals surface area contributed by atoms with Crippen molar-refractivity contribution in [3.63, 3.8) is 0 Å². The molecule has 2 aromatic rings.